The summed E-state index contributed by atoms with van der Waals surface area (Å²) in [6, 6.07) is 0. The number of rotatable bonds is 5. The lowest BCUT2D eigenvalue weighted by molar-refractivity contribution is 0.376. The van der Waals surface area contributed by atoms with Crippen molar-refractivity contribution in [1.82, 2.24) is 5.01 Å². The van der Waals surface area contributed by atoms with Crippen molar-refractivity contribution in [2.45, 2.75) is 32.6 Å². The monoisotopic (exact) mass is 152 g/mol. The Morgan fingerprint density at radius 1 is 1.36 bits per heavy atom. The molecule has 1 rings (SSSR count). The molecule has 0 aromatic rings. The summed E-state index contributed by atoms with van der Waals surface area (Å²) in [5, 5.41) is 9.26. The van der Waals surface area contributed by atoms with Gasteiger partial charge in [0, 0.05) is 6.54 Å². The van der Waals surface area contributed by atoms with E-state index in [1.165, 1.54) is 25.7 Å². The lowest BCUT2D eigenvalue weighted by Gasteiger charge is -2.02. The molecule has 0 spiro atoms. The minimum absolute atomic E-state index is 0.983. The second kappa shape index (κ2) is 4.80. The maximum Gasteiger partial charge on any atom is 0.445 e. The van der Waals surface area contributed by atoms with Crippen LogP contribution in [0.15, 0.2) is 16.5 Å². The van der Waals surface area contributed by atoms with Crippen molar-refractivity contribution >= 4 is 0 Å². The molecule has 11 heavy (non-hydrogen) atoms. The van der Waals surface area contributed by atoms with Crippen LogP contribution in [0.25, 0.3) is 0 Å². The number of hydrogen-bond acceptors (Lipinski definition) is 3. The highest BCUT2D eigenvalue weighted by Crippen LogP contribution is 2.05. The summed E-state index contributed by atoms with van der Waals surface area (Å²) in [6.07, 6.45) is 9.54. The van der Waals surface area contributed by atoms with Gasteiger partial charge in [0.05, 0.1) is 0 Å². The van der Waals surface area contributed by atoms with Crippen LogP contribution in [0, 0.1) is 6.20 Å². The third kappa shape index (κ3) is 3.10. The highest BCUT2D eigenvalue weighted by atomic mass is 15.6. The highest BCUT2D eigenvalue weighted by molar-refractivity contribution is 4.74. The first-order valence-electron chi connectivity index (χ1n) is 4.19. The van der Waals surface area contributed by atoms with Crippen molar-refractivity contribution in [3.8, 4) is 0 Å². The van der Waals surface area contributed by atoms with Crippen LogP contribution in [0.5, 0.6) is 0 Å². The predicted molar refractivity (Wildman–Crippen MR) is 43.5 cm³/mol. The van der Waals surface area contributed by atoms with E-state index in [1.54, 1.807) is 6.20 Å². The first-order chi connectivity index (χ1) is 5.43. The van der Waals surface area contributed by atoms with Gasteiger partial charge in [-0.2, -0.15) is 0 Å². The number of hydrogen-bond donors (Lipinski definition) is 0. The Hall–Kier alpha value is -0.950. The van der Waals surface area contributed by atoms with E-state index in [-0.39, 0.29) is 0 Å². The van der Waals surface area contributed by atoms with Crippen molar-refractivity contribution in [3.63, 3.8) is 0 Å². The maximum atomic E-state index is 3.82. The molecule has 0 unspecified atom stereocenters. The molecule has 0 N–H and O–H groups in total. The van der Waals surface area contributed by atoms with Gasteiger partial charge in [0.1, 0.15) is 5.11 Å². The van der Waals surface area contributed by atoms with E-state index < -0.39 is 0 Å². The molecule has 3 heteroatoms. The van der Waals surface area contributed by atoms with Gasteiger partial charge in [0.2, 0.25) is 0 Å². The van der Waals surface area contributed by atoms with Gasteiger partial charge in [-0.05, 0) is 11.6 Å². The van der Waals surface area contributed by atoms with Crippen LogP contribution in [0.1, 0.15) is 32.6 Å². The van der Waals surface area contributed by atoms with Crippen molar-refractivity contribution in [2.75, 3.05) is 6.54 Å². The van der Waals surface area contributed by atoms with E-state index in [0.29, 0.717) is 0 Å². The molecule has 1 aliphatic heterocycles. The van der Waals surface area contributed by atoms with E-state index in [4.69, 9.17) is 0 Å². The summed E-state index contributed by atoms with van der Waals surface area (Å²) < 4.78 is 0. The highest BCUT2D eigenvalue weighted by Gasteiger charge is 2.09. The molecular weight excluding hydrogens is 138 g/mol. The topological polar surface area (TPSA) is 28.0 Å². The van der Waals surface area contributed by atoms with Crippen LogP contribution in [0.4, 0.5) is 0 Å². The summed E-state index contributed by atoms with van der Waals surface area (Å²) in [7, 11) is 0. The van der Waals surface area contributed by atoms with Gasteiger partial charge in [-0.1, -0.05) is 26.2 Å². The van der Waals surface area contributed by atoms with Crippen molar-refractivity contribution in [2.24, 2.45) is 10.3 Å². The first kappa shape index (κ1) is 8.15. The van der Waals surface area contributed by atoms with Gasteiger partial charge in [0.15, 0.2) is 0 Å². The predicted octanol–water partition coefficient (Wildman–Crippen LogP) is 2.52. The van der Waals surface area contributed by atoms with Crippen LogP contribution >= 0.6 is 0 Å². The molecule has 0 aromatic heterocycles. The Balaban J connectivity index is 1.95. The number of nitrogens with zero attached hydrogens (tertiary/aromatic N) is 3. The molecule has 1 heterocycles. The zero-order chi connectivity index (χ0) is 7.94. The molecule has 0 bridgehead atoms. The Bertz CT molecular complexity index is 139. The summed E-state index contributed by atoms with van der Waals surface area (Å²) in [6.45, 7) is 3.19. The van der Waals surface area contributed by atoms with Crippen LogP contribution < -0.4 is 0 Å². The van der Waals surface area contributed by atoms with Gasteiger partial charge in [0.25, 0.3) is 0 Å². The quantitative estimate of drug-likeness (QED) is 0.439. The normalized spacial score (nSPS) is 14.1. The second-order valence-corrected chi connectivity index (χ2v) is 2.67. The molecule has 0 saturated carbocycles. The zero-order valence-corrected chi connectivity index (χ0v) is 6.95. The van der Waals surface area contributed by atoms with E-state index in [9.17, 15) is 0 Å². The van der Waals surface area contributed by atoms with Gasteiger partial charge < -0.3 is 0 Å². The fourth-order valence-electron chi connectivity index (χ4n) is 1.01. The number of unbranched alkanes of at least 4 members (excludes halogenated alkanes) is 3. The van der Waals surface area contributed by atoms with Crippen LogP contribution in [-0.2, 0) is 0 Å². The minimum atomic E-state index is 0.983. The molecule has 0 saturated heterocycles. The van der Waals surface area contributed by atoms with Gasteiger partial charge in [-0.3, -0.25) is 0 Å². The molecule has 0 fully saturated rings. The first-order valence-corrected chi connectivity index (χ1v) is 4.19. The fraction of sp³-hybridized carbons (Fsp3) is 0.750. The average molecular weight is 152 g/mol. The van der Waals surface area contributed by atoms with Crippen molar-refractivity contribution < 1.29 is 0 Å². The molecule has 3 nitrogen and oxygen atoms in total. The second-order valence-electron chi connectivity index (χ2n) is 2.67. The Morgan fingerprint density at radius 3 is 2.91 bits per heavy atom. The Labute approximate surface area is 67.8 Å². The van der Waals surface area contributed by atoms with E-state index in [0.717, 1.165) is 6.54 Å². The van der Waals surface area contributed by atoms with Crippen LogP contribution in [0.2, 0.25) is 0 Å². The summed E-state index contributed by atoms with van der Waals surface area (Å²) in [5.74, 6) is 0. The molecule has 0 radical (unpaired) electrons. The zero-order valence-electron chi connectivity index (χ0n) is 6.95. The van der Waals surface area contributed by atoms with Crippen molar-refractivity contribution in [1.29, 1.82) is 0 Å². The van der Waals surface area contributed by atoms with Crippen LogP contribution in [0.3, 0.4) is 0 Å². The smallest absolute Gasteiger partial charge is 0.201 e. The fourth-order valence-corrected chi connectivity index (χ4v) is 1.01. The minimum Gasteiger partial charge on any atom is -0.201 e. The standard InChI is InChI=1S/C8H14N3/c1-2-3-4-5-7-11-8-6-9-10-11/h8H,2-5,7H2,1H3/q+1. The molecule has 0 aliphatic carbocycles. The molecule has 0 aromatic carbocycles. The van der Waals surface area contributed by atoms with Gasteiger partial charge >= 0.3 is 12.4 Å². The van der Waals surface area contributed by atoms with E-state index >= 15 is 0 Å². The average Bonchev–Trinajstić information content (AvgIpc) is 2.50. The molecular formula is C8H14N3+. The van der Waals surface area contributed by atoms with Crippen LogP contribution in [-0.4, -0.2) is 11.6 Å². The third-order valence-electron chi connectivity index (χ3n) is 1.66. The summed E-state index contributed by atoms with van der Waals surface area (Å²) >= 11 is 0. The van der Waals surface area contributed by atoms with Gasteiger partial charge in [-0.15, -0.1) is 0 Å². The lowest BCUT2D eigenvalue weighted by Crippen LogP contribution is -2.08. The van der Waals surface area contributed by atoms with Crippen molar-refractivity contribution in [3.05, 3.63) is 12.4 Å². The summed E-state index contributed by atoms with van der Waals surface area (Å²) in [5.41, 5.74) is 0. The molecule has 0 atom stereocenters. The van der Waals surface area contributed by atoms with E-state index in [2.05, 4.69) is 23.5 Å². The lowest BCUT2D eigenvalue weighted by atomic mass is 10.2. The summed E-state index contributed by atoms with van der Waals surface area (Å²) in [4.78, 5) is 0. The Morgan fingerprint density at radius 2 is 2.27 bits per heavy atom. The molecule has 1 aliphatic rings. The SMILES string of the molecule is CCCCCCN1C=[C+]N=N1. The molecule has 0 amide bonds. The van der Waals surface area contributed by atoms with Gasteiger partial charge in [-0.25, -0.2) is 5.01 Å². The van der Waals surface area contributed by atoms with E-state index in [1.807, 2.05) is 5.01 Å². The molecule has 60 valence electrons. The Kier molecular flexibility index (Phi) is 3.56. The third-order valence-corrected chi connectivity index (χ3v) is 1.66. The largest absolute Gasteiger partial charge is 0.445 e. The maximum absolute atomic E-state index is 3.82.